The Balaban J connectivity index is 1.31. The monoisotopic (exact) mass is 292 g/mol. The molecule has 2 heteroatoms. The summed E-state index contributed by atoms with van der Waals surface area (Å²) in [5.41, 5.74) is 0.730. The average Bonchev–Trinajstić information content (AvgIpc) is 2.55. The third-order valence-electron chi connectivity index (χ3n) is 6.80. The molecule has 122 valence electrons. The molecule has 2 nitrogen and oxygen atoms in total. The van der Waals surface area contributed by atoms with Gasteiger partial charge in [0.25, 0.3) is 0 Å². The van der Waals surface area contributed by atoms with E-state index in [2.05, 4.69) is 17.3 Å². The molecule has 3 rings (SSSR count). The molecular weight excluding hydrogens is 256 g/mol. The first-order valence-electron chi connectivity index (χ1n) is 9.74. The van der Waals surface area contributed by atoms with E-state index in [4.69, 9.17) is 0 Å². The lowest BCUT2D eigenvalue weighted by Crippen LogP contribution is -2.54. The first-order valence-corrected chi connectivity index (χ1v) is 9.74. The van der Waals surface area contributed by atoms with E-state index in [1.54, 1.807) is 0 Å². The van der Waals surface area contributed by atoms with Crippen molar-refractivity contribution < 1.29 is 0 Å². The quantitative estimate of drug-likeness (QED) is 0.732. The fraction of sp³-hybridized carbons (Fsp3) is 1.00. The van der Waals surface area contributed by atoms with Crippen molar-refractivity contribution in [2.75, 3.05) is 20.1 Å². The molecule has 0 aliphatic heterocycles. The number of hydrogen-bond acceptors (Lipinski definition) is 2. The summed E-state index contributed by atoms with van der Waals surface area (Å²) in [6.45, 7) is 2.53. The number of nitrogens with one attached hydrogen (secondary N) is 1. The lowest BCUT2D eigenvalue weighted by atomic mass is 9.57. The SMILES string of the molecule is CN(CCCNC1CCC12CCCCC2)C1CCCCC1. The molecule has 0 saturated heterocycles. The van der Waals surface area contributed by atoms with E-state index in [9.17, 15) is 0 Å². The third kappa shape index (κ3) is 3.82. The zero-order valence-electron chi connectivity index (χ0n) is 14.2. The maximum absolute atomic E-state index is 3.91. The van der Waals surface area contributed by atoms with E-state index in [-0.39, 0.29) is 0 Å². The Morgan fingerprint density at radius 1 is 0.905 bits per heavy atom. The molecule has 1 N–H and O–H groups in total. The van der Waals surface area contributed by atoms with E-state index in [1.165, 1.54) is 96.6 Å². The van der Waals surface area contributed by atoms with Gasteiger partial charge < -0.3 is 10.2 Å². The lowest BCUT2D eigenvalue weighted by Gasteiger charge is -2.52. The summed E-state index contributed by atoms with van der Waals surface area (Å²) in [5.74, 6) is 0. The summed E-state index contributed by atoms with van der Waals surface area (Å²) in [5, 5.41) is 3.91. The van der Waals surface area contributed by atoms with E-state index in [1.807, 2.05) is 0 Å². The van der Waals surface area contributed by atoms with Crippen LogP contribution in [0, 0.1) is 5.41 Å². The van der Waals surface area contributed by atoms with Crippen molar-refractivity contribution in [3.8, 4) is 0 Å². The van der Waals surface area contributed by atoms with Crippen LogP contribution in [0.25, 0.3) is 0 Å². The van der Waals surface area contributed by atoms with Gasteiger partial charge in [-0.25, -0.2) is 0 Å². The van der Waals surface area contributed by atoms with Crippen LogP contribution in [-0.2, 0) is 0 Å². The van der Waals surface area contributed by atoms with Gasteiger partial charge in [-0.1, -0.05) is 38.5 Å². The molecule has 0 aromatic rings. The Labute approximate surface area is 132 Å². The second-order valence-electron chi connectivity index (χ2n) is 8.09. The van der Waals surface area contributed by atoms with E-state index in [0.717, 1.165) is 17.5 Å². The molecule has 0 radical (unpaired) electrons. The zero-order chi connectivity index (χ0) is 14.5. The van der Waals surface area contributed by atoms with Crippen LogP contribution >= 0.6 is 0 Å². The molecule has 0 amide bonds. The van der Waals surface area contributed by atoms with Crippen molar-refractivity contribution in [2.24, 2.45) is 5.41 Å². The predicted octanol–water partition coefficient (Wildman–Crippen LogP) is 4.34. The summed E-state index contributed by atoms with van der Waals surface area (Å²) in [4.78, 5) is 2.64. The van der Waals surface area contributed by atoms with E-state index in [0.29, 0.717) is 0 Å². The van der Waals surface area contributed by atoms with Crippen LogP contribution < -0.4 is 5.32 Å². The Hall–Kier alpha value is -0.0800. The van der Waals surface area contributed by atoms with Crippen molar-refractivity contribution in [1.82, 2.24) is 10.2 Å². The van der Waals surface area contributed by atoms with Gasteiger partial charge in [-0.15, -0.1) is 0 Å². The minimum absolute atomic E-state index is 0.730. The summed E-state index contributed by atoms with van der Waals surface area (Å²) in [7, 11) is 2.35. The molecule has 0 heterocycles. The second kappa shape index (κ2) is 7.46. The van der Waals surface area contributed by atoms with Gasteiger partial charge in [-0.05, 0) is 70.5 Å². The van der Waals surface area contributed by atoms with Crippen LogP contribution in [-0.4, -0.2) is 37.1 Å². The molecule has 1 atom stereocenters. The highest BCUT2D eigenvalue weighted by molar-refractivity contribution is 5.01. The first kappa shape index (κ1) is 15.8. The largest absolute Gasteiger partial charge is 0.313 e. The molecule has 0 aromatic carbocycles. The normalized spacial score (nSPS) is 29.7. The van der Waals surface area contributed by atoms with Crippen molar-refractivity contribution in [3.63, 3.8) is 0 Å². The summed E-state index contributed by atoms with van der Waals surface area (Å²) in [6.07, 6.45) is 19.0. The summed E-state index contributed by atoms with van der Waals surface area (Å²) < 4.78 is 0. The smallest absolute Gasteiger partial charge is 0.0124 e. The van der Waals surface area contributed by atoms with Gasteiger partial charge in [0.2, 0.25) is 0 Å². The minimum Gasteiger partial charge on any atom is -0.313 e. The maximum Gasteiger partial charge on any atom is 0.0124 e. The van der Waals surface area contributed by atoms with Gasteiger partial charge in [-0.3, -0.25) is 0 Å². The second-order valence-corrected chi connectivity index (χ2v) is 8.09. The minimum atomic E-state index is 0.730. The van der Waals surface area contributed by atoms with Gasteiger partial charge >= 0.3 is 0 Å². The molecule has 21 heavy (non-hydrogen) atoms. The van der Waals surface area contributed by atoms with Crippen molar-refractivity contribution in [1.29, 1.82) is 0 Å². The highest BCUT2D eigenvalue weighted by Gasteiger charge is 2.46. The Kier molecular flexibility index (Phi) is 5.61. The molecule has 3 aliphatic carbocycles. The highest BCUT2D eigenvalue weighted by atomic mass is 15.1. The van der Waals surface area contributed by atoms with Gasteiger partial charge in [-0.2, -0.15) is 0 Å². The van der Waals surface area contributed by atoms with Gasteiger partial charge in [0.05, 0.1) is 0 Å². The fourth-order valence-corrected chi connectivity index (χ4v) is 5.18. The Morgan fingerprint density at radius 2 is 1.62 bits per heavy atom. The van der Waals surface area contributed by atoms with Crippen molar-refractivity contribution in [3.05, 3.63) is 0 Å². The predicted molar refractivity (Wildman–Crippen MR) is 90.7 cm³/mol. The van der Waals surface area contributed by atoms with E-state index >= 15 is 0 Å². The highest BCUT2D eigenvalue weighted by Crippen LogP contribution is 2.51. The Morgan fingerprint density at radius 3 is 2.29 bits per heavy atom. The first-order chi connectivity index (χ1) is 10.3. The van der Waals surface area contributed by atoms with Crippen LogP contribution in [0.1, 0.15) is 83.5 Å². The summed E-state index contributed by atoms with van der Waals surface area (Å²) >= 11 is 0. The van der Waals surface area contributed by atoms with Gasteiger partial charge in [0.1, 0.15) is 0 Å². The lowest BCUT2D eigenvalue weighted by molar-refractivity contribution is 0.0227. The molecule has 0 bridgehead atoms. The number of nitrogens with zero attached hydrogens (tertiary/aromatic N) is 1. The zero-order valence-corrected chi connectivity index (χ0v) is 14.2. The summed E-state index contributed by atoms with van der Waals surface area (Å²) in [6, 6.07) is 1.74. The maximum atomic E-state index is 3.91. The number of rotatable bonds is 6. The van der Waals surface area contributed by atoms with Crippen LogP contribution in [0.4, 0.5) is 0 Å². The Bertz CT molecular complexity index is 303. The molecule has 3 aliphatic rings. The average molecular weight is 293 g/mol. The van der Waals surface area contributed by atoms with Gasteiger partial charge in [0.15, 0.2) is 0 Å². The molecule has 1 unspecified atom stereocenters. The fourth-order valence-electron chi connectivity index (χ4n) is 5.18. The van der Waals surface area contributed by atoms with Gasteiger partial charge in [0, 0.05) is 12.1 Å². The topological polar surface area (TPSA) is 15.3 Å². The number of hydrogen-bond donors (Lipinski definition) is 1. The molecule has 0 aromatic heterocycles. The molecular formula is C19H36N2. The molecule has 3 fully saturated rings. The van der Waals surface area contributed by atoms with Crippen LogP contribution in [0.5, 0.6) is 0 Å². The molecule has 3 saturated carbocycles. The van der Waals surface area contributed by atoms with Crippen LogP contribution in [0.3, 0.4) is 0 Å². The van der Waals surface area contributed by atoms with Crippen molar-refractivity contribution >= 4 is 0 Å². The third-order valence-corrected chi connectivity index (χ3v) is 6.80. The van der Waals surface area contributed by atoms with Crippen LogP contribution in [0.15, 0.2) is 0 Å². The van der Waals surface area contributed by atoms with E-state index < -0.39 is 0 Å². The van der Waals surface area contributed by atoms with Crippen LogP contribution in [0.2, 0.25) is 0 Å². The molecule has 1 spiro atoms. The standard InChI is InChI=1S/C19H36N2/c1-21(17-9-4-2-5-10-17)16-8-15-20-18-11-14-19(18)12-6-3-7-13-19/h17-18,20H,2-16H2,1H3. The van der Waals surface area contributed by atoms with Crippen molar-refractivity contribution in [2.45, 2.75) is 95.6 Å².